The monoisotopic (exact) mass is 704 g/mol. The number of halogens is 2. The molecule has 1 unspecified atom stereocenters. The summed E-state index contributed by atoms with van der Waals surface area (Å²) in [5.41, 5.74) is 3.02. The molecule has 1 atom stereocenters. The summed E-state index contributed by atoms with van der Waals surface area (Å²) in [6, 6.07) is 11.5. The molecule has 3 saturated heterocycles. The Labute approximate surface area is 298 Å². The predicted octanol–water partition coefficient (Wildman–Crippen LogP) is 6.56. The molecule has 2 N–H and O–H groups in total. The fourth-order valence-electron chi connectivity index (χ4n) is 7.98. The molecule has 0 radical (unpaired) electrons. The SMILES string of the molecule is C=CC(=O)Nc1cc(Nc2cc(N3OCCC3c3ccc(F)c(Cl)c3)ncn2)c(OC)cc1N1CCC(N2CCN(C3CCCC3)CC2)CC1. The Bertz CT molecular complexity index is 1670. The van der Waals surface area contributed by atoms with Crippen LogP contribution >= 0.6 is 11.6 Å². The zero-order chi connectivity index (χ0) is 34.6. The largest absolute Gasteiger partial charge is 0.494 e. The number of hydroxylamine groups is 1. The van der Waals surface area contributed by atoms with Crippen molar-refractivity contribution in [1.29, 1.82) is 0 Å². The van der Waals surface area contributed by atoms with E-state index >= 15 is 0 Å². The fraction of sp³-hybridized carbons (Fsp3) is 0.486. The molecule has 1 saturated carbocycles. The second-order valence-electron chi connectivity index (χ2n) is 13.5. The zero-order valence-electron chi connectivity index (χ0n) is 28.6. The van der Waals surface area contributed by atoms with Gasteiger partial charge in [-0.1, -0.05) is 37.1 Å². The number of amides is 1. The molecule has 4 heterocycles. The lowest BCUT2D eigenvalue weighted by atomic mass is 10.0. The van der Waals surface area contributed by atoms with Gasteiger partial charge in [0.05, 0.1) is 41.8 Å². The van der Waals surface area contributed by atoms with E-state index in [2.05, 4.69) is 41.9 Å². The Balaban J connectivity index is 1.06. The van der Waals surface area contributed by atoms with Gasteiger partial charge in [-0.15, -0.1) is 0 Å². The van der Waals surface area contributed by atoms with Gasteiger partial charge >= 0.3 is 0 Å². The Morgan fingerprint density at radius 2 is 1.68 bits per heavy atom. The van der Waals surface area contributed by atoms with E-state index in [1.54, 1.807) is 30.4 Å². The van der Waals surface area contributed by atoms with Gasteiger partial charge in [-0.2, -0.15) is 0 Å². The number of nitrogens with zero attached hydrogens (tertiary/aromatic N) is 6. The zero-order valence-corrected chi connectivity index (χ0v) is 29.4. The van der Waals surface area contributed by atoms with Crippen LogP contribution in [0.5, 0.6) is 5.75 Å². The minimum Gasteiger partial charge on any atom is -0.494 e. The number of aromatic nitrogens is 2. The number of hydrogen-bond acceptors (Lipinski definition) is 10. The maximum Gasteiger partial charge on any atom is 0.247 e. The normalized spacial score (nSPS) is 21.1. The molecule has 11 nitrogen and oxygen atoms in total. The van der Waals surface area contributed by atoms with Gasteiger partial charge in [0.1, 0.15) is 23.7 Å². The van der Waals surface area contributed by atoms with Crippen LogP contribution in [0.4, 0.5) is 33.1 Å². The van der Waals surface area contributed by atoms with Crippen LogP contribution in [0.25, 0.3) is 0 Å². The van der Waals surface area contributed by atoms with Crippen LogP contribution in [0.2, 0.25) is 5.02 Å². The Morgan fingerprint density at radius 3 is 2.36 bits per heavy atom. The van der Waals surface area contributed by atoms with Gasteiger partial charge < -0.3 is 20.3 Å². The van der Waals surface area contributed by atoms with Crippen LogP contribution in [-0.2, 0) is 9.63 Å². The topological polar surface area (TPSA) is 98.3 Å². The van der Waals surface area contributed by atoms with Crippen LogP contribution in [0.1, 0.15) is 56.6 Å². The summed E-state index contributed by atoms with van der Waals surface area (Å²) >= 11 is 6.09. The molecule has 2 aromatic carbocycles. The van der Waals surface area contributed by atoms with Crippen LogP contribution in [0.15, 0.2) is 55.4 Å². The number of hydrogen-bond donors (Lipinski definition) is 2. The van der Waals surface area contributed by atoms with E-state index < -0.39 is 5.82 Å². The van der Waals surface area contributed by atoms with E-state index in [9.17, 15) is 9.18 Å². The molecule has 1 aromatic heterocycles. The lowest BCUT2D eigenvalue weighted by molar-refractivity contribution is -0.111. The molecular weight excluding hydrogens is 659 g/mol. The first-order valence-electron chi connectivity index (χ1n) is 17.7. The highest BCUT2D eigenvalue weighted by Gasteiger charge is 2.32. The van der Waals surface area contributed by atoms with Crippen LogP contribution in [-0.4, -0.2) is 90.7 Å². The molecule has 13 heteroatoms. The molecule has 266 valence electrons. The Morgan fingerprint density at radius 1 is 0.960 bits per heavy atom. The quantitative estimate of drug-likeness (QED) is 0.226. The Kier molecular flexibility index (Phi) is 10.7. The first kappa shape index (κ1) is 34.5. The van der Waals surface area contributed by atoms with Gasteiger partial charge in [-0.3, -0.25) is 19.4 Å². The van der Waals surface area contributed by atoms with Gasteiger partial charge in [-0.05, 0) is 55.5 Å². The van der Waals surface area contributed by atoms with Crippen molar-refractivity contribution in [2.45, 2.75) is 63.1 Å². The number of nitrogens with one attached hydrogen (secondary N) is 2. The number of benzene rings is 2. The highest BCUT2D eigenvalue weighted by atomic mass is 35.5. The molecule has 3 aliphatic heterocycles. The molecule has 4 aliphatic rings. The van der Waals surface area contributed by atoms with Crippen molar-refractivity contribution in [3.8, 4) is 5.75 Å². The van der Waals surface area contributed by atoms with E-state index in [0.29, 0.717) is 47.8 Å². The maximum absolute atomic E-state index is 13.9. The number of piperidine rings is 1. The summed E-state index contributed by atoms with van der Waals surface area (Å²) in [5.74, 6) is 0.884. The van der Waals surface area contributed by atoms with Crippen LogP contribution in [0, 0.1) is 5.82 Å². The van der Waals surface area contributed by atoms with Crippen molar-refractivity contribution < 1.29 is 18.8 Å². The van der Waals surface area contributed by atoms with E-state index in [1.165, 1.54) is 57.2 Å². The Hall–Kier alpha value is -3.97. The lowest BCUT2D eigenvalue weighted by Gasteiger charge is -2.44. The van der Waals surface area contributed by atoms with Gasteiger partial charge in [-0.25, -0.2) is 19.4 Å². The summed E-state index contributed by atoms with van der Waals surface area (Å²) in [6.07, 6.45) is 11.0. The first-order chi connectivity index (χ1) is 24.4. The minimum absolute atomic E-state index is 0.0616. The van der Waals surface area contributed by atoms with E-state index in [4.69, 9.17) is 21.2 Å². The highest BCUT2D eigenvalue weighted by molar-refractivity contribution is 6.30. The smallest absolute Gasteiger partial charge is 0.247 e. The third-order valence-electron chi connectivity index (χ3n) is 10.6. The predicted molar refractivity (Wildman–Crippen MR) is 195 cm³/mol. The number of carbonyl (C=O) groups excluding carboxylic acids is 1. The number of ether oxygens (including phenoxy) is 1. The molecule has 1 amide bonds. The summed E-state index contributed by atoms with van der Waals surface area (Å²) in [6.45, 7) is 10.5. The summed E-state index contributed by atoms with van der Waals surface area (Å²) in [4.78, 5) is 35.2. The number of methoxy groups -OCH3 is 1. The van der Waals surface area contributed by atoms with Crippen molar-refractivity contribution in [2.75, 3.05) is 73.6 Å². The number of rotatable bonds is 10. The summed E-state index contributed by atoms with van der Waals surface area (Å²) in [5, 5.41) is 8.14. The van der Waals surface area contributed by atoms with E-state index in [1.807, 2.05) is 12.1 Å². The van der Waals surface area contributed by atoms with E-state index in [0.717, 1.165) is 56.3 Å². The third-order valence-corrected chi connectivity index (χ3v) is 10.9. The summed E-state index contributed by atoms with van der Waals surface area (Å²) in [7, 11) is 1.63. The number of anilines is 5. The first-order valence-corrected chi connectivity index (χ1v) is 18.1. The molecule has 50 heavy (non-hydrogen) atoms. The summed E-state index contributed by atoms with van der Waals surface area (Å²) < 4.78 is 19.7. The van der Waals surface area contributed by atoms with E-state index in [-0.39, 0.29) is 17.0 Å². The molecule has 1 aliphatic carbocycles. The van der Waals surface area contributed by atoms with Crippen molar-refractivity contribution in [1.82, 2.24) is 19.8 Å². The average Bonchev–Trinajstić information content (AvgIpc) is 3.87. The maximum atomic E-state index is 13.9. The minimum atomic E-state index is -0.467. The van der Waals surface area contributed by atoms with Crippen molar-refractivity contribution in [3.05, 3.63) is 71.8 Å². The molecule has 3 aromatic rings. The second-order valence-corrected chi connectivity index (χ2v) is 13.9. The molecule has 0 bridgehead atoms. The van der Waals surface area contributed by atoms with Gasteiger partial charge in [0.2, 0.25) is 5.91 Å². The standard InChI is InChI=1S/C37H46ClFN8O3/c1-3-37(48)43-30-21-31(42-35-23-36(41-24-40-35)47-32(12-19-50-47)25-8-9-29(39)28(38)20-25)34(49-2)22-33(30)46-13-10-27(11-14-46)45-17-15-44(16-18-45)26-6-4-5-7-26/h3,8-9,20-24,26-27,32H,1,4-7,10-19H2,2H3,(H,43,48)(H,40,41,42). The van der Waals surface area contributed by atoms with Gasteiger partial charge in [0.25, 0.3) is 0 Å². The average molecular weight is 705 g/mol. The molecule has 7 rings (SSSR count). The molecular formula is C37H46ClFN8O3. The van der Waals surface area contributed by atoms with Crippen molar-refractivity contribution >= 4 is 46.2 Å². The highest BCUT2D eigenvalue weighted by Crippen LogP contribution is 2.41. The third kappa shape index (κ3) is 7.53. The second kappa shape index (κ2) is 15.5. The van der Waals surface area contributed by atoms with Gasteiger partial charge in [0, 0.05) is 69.9 Å². The number of carbonyl (C=O) groups is 1. The molecule has 0 spiro atoms. The van der Waals surface area contributed by atoms with Crippen molar-refractivity contribution in [3.63, 3.8) is 0 Å². The van der Waals surface area contributed by atoms with Crippen molar-refractivity contribution in [2.24, 2.45) is 0 Å². The van der Waals surface area contributed by atoms with Crippen LogP contribution in [0.3, 0.4) is 0 Å². The number of piperazine rings is 1. The van der Waals surface area contributed by atoms with Crippen LogP contribution < -0.4 is 25.3 Å². The fourth-order valence-corrected chi connectivity index (χ4v) is 8.17. The lowest BCUT2D eigenvalue weighted by Crippen LogP contribution is -2.54. The van der Waals surface area contributed by atoms with Gasteiger partial charge in [0.15, 0.2) is 5.82 Å². The molecule has 4 fully saturated rings.